The number of anilines is 2. The molecule has 3 aromatic rings. The second-order valence-corrected chi connectivity index (χ2v) is 7.92. The lowest BCUT2D eigenvalue weighted by molar-refractivity contribution is 0.208. The molecule has 8 heteroatoms. The first-order chi connectivity index (χ1) is 14.1. The Bertz CT molecular complexity index is 1010. The number of nitrogens with zero attached hydrogens (tertiary/aromatic N) is 2. The predicted octanol–water partition coefficient (Wildman–Crippen LogP) is 4.66. The summed E-state index contributed by atoms with van der Waals surface area (Å²) in [7, 11) is 1.62. The summed E-state index contributed by atoms with van der Waals surface area (Å²) in [4.78, 5) is 8.80. The summed E-state index contributed by atoms with van der Waals surface area (Å²) in [6, 6.07) is 8.48. The number of ether oxygens (including phenoxy) is 2. The summed E-state index contributed by atoms with van der Waals surface area (Å²) in [5, 5.41) is 7.10. The van der Waals surface area contributed by atoms with E-state index in [0.29, 0.717) is 45.6 Å². The molecule has 1 aliphatic rings. The van der Waals surface area contributed by atoms with Gasteiger partial charge in [0.25, 0.3) is 0 Å². The van der Waals surface area contributed by atoms with Crippen molar-refractivity contribution in [3.63, 3.8) is 0 Å². The van der Waals surface area contributed by atoms with E-state index in [4.69, 9.17) is 9.47 Å². The Morgan fingerprint density at radius 3 is 2.79 bits per heavy atom. The number of hydrogen-bond acceptors (Lipinski definition) is 6. The molecule has 29 heavy (non-hydrogen) atoms. The molecule has 2 heterocycles. The van der Waals surface area contributed by atoms with Gasteiger partial charge in [-0.25, -0.2) is 14.4 Å². The van der Waals surface area contributed by atoms with Gasteiger partial charge in [-0.2, -0.15) is 0 Å². The third-order valence-electron chi connectivity index (χ3n) is 4.98. The van der Waals surface area contributed by atoms with Crippen molar-refractivity contribution in [3.8, 4) is 11.5 Å². The number of piperidine rings is 1. The maximum Gasteiger partial charge on any atom is 0.227 e. The van der Waals surface area contributed by atoms with Gasteiger partial charge < -0.3 is 20.1 Å². The molecule has 0 aliphatic carbocycles. The molecule has 0 amide bonds. The monoisotopic (exact) mass is 460 g/mol. The Morgan fingerprint density at radius 1 is 1.21 bits per heavy atom. The Kier molecular flexibility index (Phi) is 6.10. The van der Waals surface area contributed by atoms with Gasteiger partial charge in [0.1, 0.15) is 5.82 Å². The number of hydrogen-bond donors (Lipinski definition) is 2. The highest BCUT2D eigenvalue weighted by Gasteiger charge is 2.16. The molecule has 1 aliphatic heterocycles. The predicted molar refractivity (Wildman–Crippen MR) is 115 cm³/mol. The van der Waals surface area contributed by atoms with Crippen LogP contribution in [0, 0.1) is 11.7 Å². The average Bonchev–Trinajstić information content (AvgIpc) is 2.74. The van der Waals surface area contributed by atoms with Crippen molar-refractivity contribution in [3.05, 3.63) is 46.8 Å². The van der Waals surface area contributed by atoms with E-state index in [-0.39, 0.29) is 5.82 Å². The minimum atomic E-state index is -0.385. The summed E-state index contributed by atoms with van der Waals surface area (Å²) >= 11 is 3.25. The number of benzene rings is 2. The third kappa shape index (κ3) is 4.76. The topological polar surface area (TPSA) is 68.3 Å². The molecule has 6 nitrogen and oxygen atoms in total. The fourth-order valence-corrected chi connectivity index (χ4v) is 3.67. The zero-order valence-electron chi connectivity index (χ0n) is 16.0. The second kappa shape index (κ2) is 8.92. The summed E-state index contributed by atoms with van der Waals surface area (Å²) in [6.45, 7) is 2.69. The van der Waals surface area contributed by atoms with E-state index in [1.54, 1.807) is 25.4 Å². The maximum atomic E-state index is 14.1. The van der Waals surface area contributed by atoms with Gasteiger partial charge in [-0.1, -0.05) is 15.9 Å². The smallest absolute Gasteiger partial charge is 0.227 e. The van der Waals surface area contributed by atoms with Crippen molar-refractivity contribution in [2.45, 2.75) is 12.8 Å². The van der Waals surface area contributed by atoms with Crippen LogP contribution in [0.5, 0.6) is 11.5 Å². The van der Waals surface area contributed by atoms with Crippen LogP contribution in [0.2, 0.25) is 0 Å². The molecule has 1 saturated heterocycles. The quantitative estimate of drug-likeness (QED) is 0.557. The summed E-state index contributed by atoms with van der Waals surface area (Å²) in [6.07, 6.45) is 3.89. The lowest BCUT2D eigenvalue weighted by Crippen LogP contribution is -2.30. The lowest BCUT2D eigenvalue weighted by atomic mass is 9.99. The van der Waals surface area contributed by atoms with E-state index in [2.05, 4.69) is 36.5 Å². The van der Waals surface area contributed by atoms with Crippen molar-refractivity contribution in [2.24, 2.45) is 5.92 Å². The van der Waals surface area contributed by atoms with E-state index < -0.39 is 0 Å². The molecule has 2 aromatic carbocycles. The van der Waals surface area contributed by atoms with E-state index in [1.807, 2.05) is 12.1 Å². The number of methoxy groups -OCH3 is 1. The van der Waals surface area contributed by atoms with Gasteiger partial charge >= 0.3 is 0 Å². The molecule has 0 saturated carbocycles. The van der Waals surface area contributed by atoms with Gasteiger partial charge in [0.2, 0.25) is 5.95 Å². The lowest BCUT2D eigenvalue weighted by Gasteiger charge is -2.23. The van der Waals surface area contributed by atoms with Gasteiger partial charge in [0.05, 0.1) is 24.9 Å². The van der Waals surface area contributed by atoms with E-state index >= 15 is 0 Å². The Morgan fingerprint density at radius 2 is 2.03 bits per heavy atom. The number of rotatable bonds is 6. The van der Waals surface area contributed by atoms with Crippen molar-refractivity contribution in [1.82, 2.24) is 15.3 Å². The van der Waals surface area contributed by atoms with Crippen LogP contribution in [0.4, 0.5) is 16.0 Å². The molecule has 4 rings (SSSR count). The molecule has 0 bridgehead atoms. The number of fused-ring (bicyclic) bond motifs is 1. The summed E-state index contributed by atoms with van der Waals surface area (Å²) in [5.41, 5.74) is 1.00. The first kappa shape index (κ1) is 19.8. The Balaban J connectivity index is 1.57. The normalized spacial score (nSPS) is 14.7. The highest BCUT2D eigenvalue weighted by Crippen LogP contribution is 2.33. The Labute approximate surface area is 177 Å². The van der Waals surface area contributed by atoms with E-state index in [1.165, 1.54) is 6.07 Å². The summed E-state index contributed by atoms with van der Waals surface area (Å²) in [5.74, 6) is 1.75. The number of halogens is 2. The van der Waals surface area contributed by atoms with Crippen LogP contribution in [-0.2, 0) is 0 Å². The molecule has 0 radical (unpaired) electrons. The number of nitrogens with one attached hydrogen (secondary N) is 2. The molecule has 0 atom stereocenters. The highest BCUT2D eigenvalue weighted by atomic mass is 79.9. The van der Waals surface area contributed by atoms with E-state index in [9.17, 15) is 4.39 Å². The minimum Gasteiger partial charge on any atom is -0.493 e. The van der Waals surface area contributed by atoms with Gasteiger partial charge in [-0.3, -0.25) is 0 Å². The van der Waals surface area contributed by atoms with Gasteiger partial charge in [-0.05, 0) is 56.1 Å². The first-order valence-corrected chi connectivity index (χ1v) is 10.3. The minimum absolute atomic E-state index is 0.309. The standard InChI is InChI=1S/C21H22BrFN4O2/c1-28-19-8-14-11-25-21(26-17-3-2-15(22)9-16(17)23)27-18(14)10-20(19)29-12-13-4-6-24-7-5-13/h2-3,8-11,13,24H,4-7,12H2,1H3,(H,25,26,27). The van der Waals surface area contributed by atoms with Crippen LogP contribution in [0.15, 0.2) is 41.0 Å². The molecule has 0 unspecified atom stereocenters. The number of aromatic nitrogens is 2. The second-order valence-electron chi connectivity index (χ2n) is 7.01. The van der Waals surface area contributed by atoms with Gasteiger partial charge in [-0.15, -0.1) is 0 Å². The Hall–Kier alpha value is -2.45. The van der Waals surface area contributed by atoms with E-state index in [0.717, 1.165) is 31.3 Å². The molecule has 2 N–H and O–H groups in total. The molecule has 1 fully saturated rings. The van der Waals surface area contributed by atoms with Gasteiger partial charge in [0, 0.05) is 22.1 Å². The molecule has 1 aromatic heterocycles. The van der Waals surface area contributed by atoms with Crippen LogP contribution >= 0.6 is 15.9 Å². The van der Waals surface area contributed by atoms with Crippen LogP contribution < -0.4 is 20.1 Å². The van der Waals surface area contributed by atoms with Crippen molar-refractivity contribution in [1.29, 1.82) is 0 Å². The average molecular weight is 461 g/mol. The largest absolute Gasteiger partial charge is 0.493 e. The van der Waals surface area contributed by atoms with Crippen molar-refractivity contribution >= 4 is 38.5 Å². The zero-order valence-corrected chi connectivity index (χ0v) is 17.6. The molecular formula is C21H22BrFN4O2. The third-order valence-corrected chi connectivity index (χ3v) is 5.47. The molecular weight excluding hydrogens is 439 g/mol. The SMILES string of the molecule is COc1cc2cnc(Nc3ccc(Br)cc3F)nc2cc1OCC1CCNCC1. The van der Waals surface area contributed by atoms with Crippen molar-refractivity contribution < 1.29 is 13.9 Å². The summed E-state index contributed by atoms with van der Waals surface area (Å²) < 4.78 is 26.3. The van der Waals surface area contributed by atoms with Crippen LogP contribution in [0.1, 0.15) is 12.8 Å². The van der Waals surface area contributed by atoms with Crippen molar-refractivity contribution in [2.75, 3.05) is 32.1 Å². The van der Waals surface area contributed by atoms with Gasteiger partial charge in [0.15, 0.2) is 11.5 Å². The molecule has 152 valence electrons. The molecule has 0 spiro atoms. The fraction of sp³-hybridized carbons (Fsp3) is 0.333. The highest BCUT2D eigenvalue weighted by molar-refractivity contribution is 9.10. The zero-order chi connectivity index (χ0) is 20.2. The van der Waals surface area contributed by atoms with Crippen LogP contribution in [0.3, 0.4) is 0 Å². The van der Waals surface area contributed by atoms with Crippen LogP contribution in [0.25, 0.3) is 10.9 Å². The van der Waals surface area contributed by atoms with Crippen LogP contribution in [-0.4, -0.2) is 36.8 Å². The first-order valence-electron chi connectivity index (χ1n) is 9.53. The fourth-order valence-electron chi connectivity index (χ4n) is 3.34. The maximum absolute atomic E-state index is 14.1.